The highest BCUT2D eigenvalue weighted by Crippen LogP contribution is 2.34. The first-order chi connectivity index (χ1) is 12.7. The molecule has 3 aromatic rings. The van der Waals surface area contributed by atoms with E-state index in [1.807, 2.05) is 18.2 Å². The Morgan fingerprint density at radius 2 is 1.85 bits per heavy atom. The number of amides is 1. The van der Waals surface area contributed by atoms with Crippen molar-refractivity contribution in [2.75, 3.05) is 5.32 Å². The summed E-state index contributed by atoms with van der Waals surface area (Å²) in [6.07, 6.45) is 8.27. The van der Waals surface area contributed by atoms with Crippen molar-refractivity contribution in [1.29, 1.82) is 0 Å². The molecule has 3 rings (SSSR count). The molecule has 2 aromatic heterocycles. The number of anilines is 1. The third-order valence-corrected chi connectivity index (χ3v) is 5.65. The van der Waals surface area contributed by atoms with Gasteiger partial charge in [0.05, 0.1) is 15.2 Å². The van der Waals surface area contributed by atoms with E-state index in [1.54, 1.807) is 11.3 Å². The SMILES string of the molecule is CCCCCCCC(=O)Nc1nc2ccccc2c2sc(CCC)nc12. The van der Waals surface area contributed by atoms with Gasteiger partial charge in [0.1, 0.15) is 5.52 Å². The number of carbonyl (C=O) groups is 1. The molecule has 0 bridgehead atoms. The number of carbonyl (C=O) groups excluding carboxylic acids is 1. The molecule has 5 heteroatoms. The van der Waals surface area contributed by atoms with Crippen molar-refractivity contribution in [3.8, 4) is 0 Å². The number of hydrogen-bond acceptors (Lipinski definition) is 4. The van der Waals surface area contributed by atoms with E-state index in [4.69, 9.17) is 4.98 Å². The van der Waals surface area contributed by atoms with Crippen LogP contribution in [0.15, 0.2) is 24.3 Å². The van der Waals surface area contributed by atoms with Crippen molar-refractivity contribution in [2.24, 2.45) is 0 Å². The van der Waals surface area contributed by atoms with Gasteiger partial charge in [-0.3, -0.25) is 4.79 Å². The van der Waals surface area contributed by atoms with Crippen LogP contribution in [0.25, 0.3) is 21.1 Å². The molecule has 0 spiro atoms. The van der Waals surface area contributed by atoms with Gasteiger partial charge in [0.15, 0.2) is 5.82 Å². The molecule has 0 aliphatic heterocycles. The van der Waals surface area contributed by atoms with Crippen molar-refractivity contribution in [3.63, 3.8) is 0 Å². The second kappa shape index (κ2) is 9.08. The lowest BCUT2D eigenvalue weighted by atomic mass is 10.1. The van der Waals surface area contributed by atoms with E-state index >= 15 is 0 Å². The maximum atomic E-state index is 12.4. The fraction of sp³-hybridized carbons (Fsp3) is 0.476. The molecule has 1 aromatic carbocycles. The monoisotopic (exact) mass is 369 g/mol. The zero-order valence-electron chi connectivity index (χ0n) is 15.7. The third kappa shape index (κ3) is 4.39. The minimum absolute atomic E-state index is 0.0376. The summed E-state index contributed by atoms with van der Waals surface area (Å²) in [5.74, 6) is 0.645. The van der Waals surface area contributed by atoms with Crippen molar-refractivity contribution in [3.05, 3.63) is 29.3 Å². The maximum absolute atomic E-state index is 12.4. The van der Waals surface area contributed by atoms with Gasteiger partial charge in [0.25, 0.3) is 0 Å². The van der Waals surface area contributed by atoms with Crippen LogP contribution < -0.4 is 5.32 Å². The van der Waals surface area contributed by atoms with Crippen molar-refractivity contribution in [1.82, 2.24) is 9.97 Å². The second-order valence-corrected chi connectivity index (χ2v) is 7.81. The van der Waals surface area contributed by atoms with Gasteiger partial charge in [-0.2, -0.15) is 0 Å². The average Bonchev–Trinajstić information content (AvgIpc) is 3.06. The molecule has 1 N–H and O–H groups in total. The Morgan fingerprint density at radius 1 is 1.04 bits per heavy atom. The van der Waals surface area contributed by atoms with E-state index in [9.17, 15) is 4.79 Å². The Hall–Kier alpha value is -2.01. The highest BCUT2D eigenvalue weighted by Gasteiger charge is 2.15. The van der Waals surface area contributed by atoms with E-state index in [0.717, 1.165) is 51.8 Å². The number of fused-ring (bicyclic) bond motifs is 3. The van der Waals surface area contributed by atoms with Gasteiger partial charge in [0.2, 0.25) is 5.91 Å². The average molecular weight is 370 g/mol. The number of hydrogen-bond donors (Lipinski definition) is 1. The van der Waals surface area contributed by atoms with Crippen molar-refractivity contribution >= 4 is 44.2 Å². The highest BCUT2D eigenvalue weighted by atomic mass is 32.1. The molecule has 0 aliphatic carbocycles. The fourth-order valence-electron chi connectivity index (χ4n) is 3.14. The topological polar surface area (TPSA) is 54.9 Å². The predicted octanol–water partition coefficient (Wildman–Crippen LogP) is 6.10. The molecule has 26 heavy (non-hydrogen) atoms. The van der Waals surface area contributed by atoms with Crippen LogP contribution in [0.1, 0.15) is 63.8 Å². The lowest BCUT2D eigenvalue weighted by Gasteiger charge is -2.07. The number of aryl methyl sites for hydroxylation is 1. The summed E-state index contributed by atoms with van der Waals surface area (Å²) < 4.78 is 1.12. The molecular formula is C21H27N3OS. The Morgan fingerprint density at radius 3 is 2.65 bits per heavy atom. The minimum atomic E-state index is 0.0376. The first-order valence-corrected chi connectivity index (χ1v) is 10.5. The number of nitrogens with one attached hydrogen (secondary N) is 1. The number of thiazole rings is 1. The molecule has 0 saturated carbocycles. The van der Waals surface area contributed by atoms with Gasteiger partial charge >= 0.3 is 0 Å². The van der Waals surface area contributed by atoms with Gasteiger partial charge in [-0.1, -0.05) is 57.7 Å². The molecule has 0 saturated heterocycles. The second-order valence-electron chi connectivity index (χ2n) is 6.73. The molecule has 0 unspecified atom stereocenters. The van der Waals surface area contributed by atoms with E-state index in [1.165, 1.54) is 19.3 Å². The van der Waals surface area contributed by atoms with E-state index in [-0.39, 0.29) is 5.91 Å². The number of aromatic nitrogens is 2. The van der Waals surface area contributed by atoms with Gasteiger partial charge in [-0.15, -0.1) is 11.3 Å². The Kier molecular flexibility index (Phi) is 6.56. The highest BCUT2D eigenvalue weighted by molar-refractivity contribution is 7.19. The normalized spacial score (nSPS) is 11.3. The third-order valence-electron chi connectivity index (χ3n) is 4.51. The summed E-state index contributed by atoms with van der Waals surface area (Å²) in [5.41, 5.74) is 1.74. The van der Waals surface area contributed by atoms with Gasteiger partial charge in [-0.05, 0) is 25.3 Å². The standard InChI is InChI=1S/C21H27N3OS/c1-3-5-6-7-8-14-17(25)23-21-19-20(26-18(24-19)11-4-2)15-12-9-10-13-16(15)22-21/h9-10,12-13H,3-8,11,14H2,1-2H3,(H,22,23,25). The Labute approximate surface area is 159 Å². The minimum Gasteiger partial charge on any atom is -0.309 e. The summed E-state index contributed by atoms with van der Waals surface area (Å²) in [5, 5.41) is 5.24. The van der Waals surface area contributed by atoms with Crippen LogP contribution in [-0.4, -0.2) is 15.9 Å². The number of nitrogens with zero attached hydrogens (tertiary/aromatic N) is 2. The first-order valence-electron chi connectivity index (χ1n) is 9.71. The fourth-order valence-corrected chi connectivity index (χ4v) is 4.34. The molecule has 1 amide bonds. The van der Waals surface area contributed by atoms with Crippen LogP contribution in [0.2, 0.25) is 0 Å². The molecule has 0 aliphatic rings. The Bertz CT molecular complexity index is 887. The molecule has 2 heterocycles. The molecular weight excluding hydrogens is 342 g/mol. The van der Waals surface area contributed by atoms with Crippen LogP contribution in [0.4, 0.5) is 5.82 Å². The van der Waals surface area contributed by atoms with Crippen molar-refractivity contribution < 1.29 is 4.79 Å². The van der Waals surface area contributed by atoms with Crippen LogP contribution in [0, 0.1) is 0 Å². The predicted molar refractivity (Wildman–Crippen MR) is 111 cm³/mol. The van der Waals surface area contributed by atoms with Gasteiger partial charge < -0.3 is 5.32 Å². The number of rotatable bonds is 9. The van der Waals surface area contributed by atoms with Crippen LogP contribution in [0.3, 0.4) is 0 Å². The quantitative estimate of drug-likeness (QED) is 0.464. The summed E-state index contributed by atoms with van der Waals surface area (Å²) in [6, 6.07) is 8.08. The first kappa shape index (κ1) is 18.8. The zero-order chi connectivity index (χ0) is 18.4. The van der Waals surface area contributed by atoms with Gasteiger partial charge in [0, 0.05) is 11.8 Å². The number of benzene rings is 1. The van der Waals surface area contributed by atoms with Crippen LogP contribution in [-0.2, 0) is 11.2 Å². The number of para-hydroxylation sites is 1. The van der Waals surface area contributed by atoms with Crippen LogP contribution in [0.5, 0.6) is 0 Å². The lowest BCUT2D eigenvalue weighted by molar-refractivity contribution is -0.116. The maximum Gasteiger partial charge on any atom is 0.225 e. The summed E-state index contributed by atoms with van der Waals surface area (Å²) >= 11 is 1.72. The molecule has 4 nitrogen and oxygen atoms in total. The summed E-state index contributed by atoms with van der Waals surface area (Å²) in [6.45, 7) is 4.35. The van der Waals surface area contributed by atoms with Crippen LogP contribution >= 0.6 is 11.3 Å². The van der Waals surface area contributed by atoms with Gasteiger partial charge in [-0.25, -0.2) is 9.97 Å². The number of unbranched alkanes of at least 4 members (excludes halogenated alkanes) is 4. The molecule has 0 radical (unpaired) electrons. The lowest BCUT2D eigenvalue weighted by Crippen LogP contribution is -2.12. The molecule has 138 valence electrons. The number of pyridine rings is 1. The smallest absolute Gasteiger partial charge is 0.225 e. The molecule has 0 atom stereocenters. The largest absolute Gasteiger partial charge is 0.309 e. The zero-order valence-corrected chi connectivity index (χ0v) is 16.5. The summed E-state index contributed by atoms with van der Waals surface area (Å²) in [7, 11) is 0. The summed E-state index contributed by atoms with van der Waals surface area (Å²) in [4.78, 5) is 21.8. The van der Waals surface area contributed by atoms with Crippen molar-refractivity contribution in [2.45, 2.75) is 65.2 Å². The Balaban J connectivity index is 1.83. The van der Waals surface area contributed by atoms with E-state index in [0.29, 0.717) is 12.2 Å². The molecule has 0 fully saturated rings. The van der Waals surface area contributed by atoms with E-state index in [2.05, 4.69) is 30.2 Å². The van der Waals surface area contributed by atoms with E-state index < -0.39 is 0 Å².